The standard InChI is InChI=1S/C6H8Cl2INO2/c7-4-1-3(10(11)12)2-5(8)6(4)9/h3-6H,1-2H2. The summed E-state index contributed by atoms with van der Waals surface area (Å²) in [5.41, 5.74) is 0. The predicted molar refractivity (Wildman–Crippen MR) is 57.1 cm³/mol. The Morgan fingerprint density at radius 2 is 1.75 bits per heavy atom. The molecule has 12 heavy (non-hydrogen) atoms. The Hall–Kier alpha value is 0.710. The maximum Gasteiger partial charge on any atom is 0.216 e. The lowest BCUT2D eigenvalue weighted by Gasteiger charge is -2.28. The molecule has 1 rings (SSSR count). The maximum absolute atomic E-state index is 10.4. The van der Waals surface area contributed by atoms with Crippen LogP contribution >= 0.6 is 45.8 Å². The van der Waals surface area contributed by atoms with Crippen molar-refractivity contribution in [3.63, 3.8) is 0 Å². The van der Waals surface area contributed by atoms with Gasteiger partial charge in [-0.3, -0.25) is 10.1 Å². The van der Waals surface area contributed by atoms with Crippen molar-refractivity contribution < 1.29 is 4.92 Å². The molecule has 0 bridgehead atoms. The molecule has 0 aromatic rings. The Labute approximate surface area is 94.1 Å². The summed E-state index contributed by atoms with van der Waals surface area (Å²) in [5, 5.41) is 10.1. The van der Waals surface area contributed by atoms with Gasteiger partial charge in [-0.15, -0.1) is 23.2 Å². The molecule has 1 aliphatic carbocycles. The third kappa shape index (κ3) is 2.35. The van der Waals surface area contributed by atoms with Crippen molar-refractivity contribution in [3.8, 4) is 0 Å². The molecular formula is C6H8Cl2INO2. The minimum atomic E-state index is -0.555. The highest BCUT2D eigenvalue weighted by Gasteiger charge is 2.39. The van der Waals surface area contributed by atoms with Crippen LogP contribution in [0.15, 0.2) is 0 Å². The van der Waals surface area contributed by atoms with E-state index in [1.54, 1.807) is 0 Å². The van der Waals surface area contributed by atoms with E-state index in [0.717, 1.165) is 0 Å². The summed E-state index contributed by atoms with van der Waals surface area (Å²) in [6, 6.07) is -0.555. The number of rotatable bonds is 1. The molecule has 2 unspecified atom stereocenters. The van der Waals surface area contributed by atoms with Gasteiger partial charge in [0.25, 0.3) is 0 Å². The van der Waals surface area contributed by atoms with Gasteiger partial charge in [0.1, 0.15) is 0 Å². The molecule has 3 nitrogen and oxygen atoms in total. The molecule has 70 valence electrons. The monoisotopic (exact) mass is 323 g/mol. The summed E-state index contributed by atoms with van der Waals surface area (Å²) in [5.74, 6) is 0. The molecule has 1 aliphatic rings. The molecule has 0 aromatic carbocycles. The molecule has 0 heterocycles. The van der Waals surface area contributed by atoms with Crippen LogP contribution in [0.1, 0.15) is 12.8 Å². The Bertz CT molecular complexity index is 180. The lowest BCUT2D eigenvalue weighted by molar-refractivity contribution is -0.525. The Morgan fingerprint density at radius 1 is 1.33 bits per heavy atom. The molecule has 6 heteroatoms. The van der Waals surface area contributed by atoms with E-state index in [1.807, 2.05) is 0 Å². The van der Waals surface area contributed by atoms with Gasteiger partial charge in [0.2, 0.25) is 6.04 Å². The first kappa shape index (κ1) is 10.8. The second kappa shape index (κ2) is 4.28. The molecule has 1 fully saturated rings. The highest BCUT2D eigenvalue weighted by Crippen LogP contribution is 2.33. The number of halogens is 3. The van der Waals surface area contributed by atoms with Crippen molar-refractivity contribution in [2.75, 3.05) is 0 Å². The Kier molecular flexibility index (Phi) is 3.85. The minimum Gasteiger partial charge on any atom is -0.264 e. The fourth-order valence-electron chi connectivity index (χ4n) is 1.27. The maximum atomic E-state index is 10.4. The van der Waals surface area contributed by atoms with Crippen LogP contribution in [-0.4, -0.2) is 25.6 Å². The van der Waals surface area contributed by atoms with Crippen molar-refractivity contribution in [2.45, 2.75) is 33.6 Å². The number of hydrogen-bond donors (Lipinski definition) is 0. The Balaban J connectivity index is 2.59. The molecule has 0 radical (unpaired) electrons. The largest absolute Gasteiger partial charge is 0.264 e. The van der Waals surface area contributed by atoms with Crippen LogP contribution in [0.25, 0.3) is 0 Å². The predicted octanol–water partition coefficient (Wildman–Crippen LogP) is 2.44. The van der Waals surface area contributed by atoms with E-state index in [4.69, 9.17) is 23.2 Å². The first-order chi connectivity index (χ1) is 5.52. The quantitative estimate of drug-likeness (QED) is 0.322. The highest BCUT2D eigenvalue weighted by atomic mass is 127. The van der Waals surface area contributed by atoms with Crippen LogP contribution in [0.5, 0.6) is 0 Å². The van der Waals surface area contributed by atoms with Gasteiger partial charge in [0.05, 0.1) is 10.8 Å². The fraction of sp³-hybridized carbons (Fsp3) is 1.00. The molecule has 0 amide bonds. The molecule has 0 N–H and O–H groups in total. The Morgan fingerprint density at radius 3 is 2.08 bits per heavy atom. The van der Waals surface area contributed by atoms with Crippen molar-refractivity contribution in [3.05, 3.63) is 10.1 Å². The first-order valence-electron chi connectivity index (χ1n) is 3.58. The van der Waals surface area contributed by atoms with Gasteiger partial charge in [-0.05, 0) is 0 Å². The topological polar surface area (TPSA) is 43.1 Å². The van der Waals surface area contributed by atoms with Gasteiger partial charge in [-0.25, -0.2) is 0 Å². The minimum absolute atomic E-state index is 0.141. The summed E-state index contributed by atoms with van der Waals surface area (Å²) in [6.07, 6.45) is 0.872. The van der Waals surface area contributed by atoms with E-state index in [0.29, 0.717) is 12.8 Å². The van der Waals surface area contributed by atoms with Crippen molar-refractivity contribution in [1.82, 2.24) is 0 Å². The third-order valence-electron chi connectivity index (χ3n) is 1.98. The third-order valence-corrected chi connectivity index (χ3v) is 5.47. The van der Waals surface area contributed by atoms with Crippen molar-refractivity contribution >= 4 is 45.8 Å². The van der Waals surface area contributed by atoms with Gasteiger partial charge >= 0.3 is 0 Å². The van der Waals surface area contributed by atoms with Gasteiger partial charge in [-0.2, -0.15) is 0 Å². The van der Waals surface area contributed by atoms with Crippen LogP contribution in [0.2, 0.25) is 0 Å². The van der Waals surface area contributed by atoms with Crippen molar-refractivity contribution in [1.29, 1.82) is 0 Å². The summed E-state index contributed by atoms with van der Waals surface area (Å²) in [7, 11) is 0. The van der Waals surface area contributed by atoms with Crippen LogP contribution in [0.3, 0.4) is 0 Å². The van der Waals surface area contributed by atoms with E-state index >= 15 is 0 Å². The van der Waals surface area contributed by atoms with Gasteiger partial charge < -0.3 is 0 Å². The van der Waals surface area contributed by atoms with Crippen LogP contribution < -0.4 is 0 Å². The number of nitrogens with zero attached hydrogens (tertiary/aromatic N) is 1. The van der Waals surface area contributed by atoms with E-state index < -0.39 is 6.04 Å². The zero-order chi connectivity index (χ0) is 9.30. The van der Waals surface area contributed by atoms with Gasteiger partial charge in [0.15, 0.2) is 0 Å². The van der Waals surface area contributed by atoms with Crippen LogP contribution in [0, 0.1) is 10.1 Å². The molecule has 0 saturated heterocycles. The van der Waals surface area contributed by atoms with E-state index in [-0.39, 0.29) is 19.6 Å². The zero-order valence-electron chi connectivity index (χ0n) is 6.12. The summed E-state index contributed by atoms with van der Waals surface area (Å²) in [4.78, 5) is 10.2. The average Bonchev–Trinajstić information content (AvgIpc) is 1.99. The molecule has 2 atom stereocenters. The number of alkyl halides is 3. The number of hydrogen-bond acceptors (Lipinski definition) is 2. The second-order valence-electron chi connectivity index (χ2n) is 2.89. The lowest BCUT2D eigenvalue weighted by Crippen LogP contribution is -2.40. The van der Waals surface area contributed by atoms with E-state index in [9.17, 15) is 10.1 Å². The lowest BCUT2D eigenvalue weighted by atomic mass is 9.95. The van der Waals surface area contributed by atoms with Crippen molar-refractivity contribution in [2.24, 2.45) is 0 Å². The SMILES string of the molecule is O=[N+]([O-])C1CC(Cl)C(I)C(Cl)C1. The van der Waals surface area contributed by atoms with E-state index in [2.05, 4.69) is 22.6 Å². The van der Waals surface area contributed by atoms with Gasteiger partial charge in [0, 0.05) is 21.7 Å². The summed E-state index contributed by atoms with van der Waals surface area (Å²) >= 11 is 14.0. The van der Waals surface area contributed by atoms with Crippen LogP contribution in [0.4, 0.5) is 0 Å². The van der Waals surface area contributed by atoms with E-state index in [1.165, 1.54) is 0 Å². The first-order valence-corrected chi connectivity index (χ1v) is 5.70. The van der Waals surface area contributed by atoms with Crippen LogP contribution in [-0.2, 0) is 0 Å². The normalized spacial score (nSPS) is 42.6. The fourth-order valence-corrected chi connectivity index (χ4v) is 2.70. The molecular weight excluding hydrogens is 316 g/mol. The molecule has 0 aromatic heterocycles. The summed E-state index contributed by atoms with van der Waals surface area (Å²) < 4.78 is 0.141. The molecule has 0 aliphatic heterocycles. The van der Waals surface area contributed by atoms with Gasteiger partial charge in [-0.1, -0.05) is 22.6 Å². The molecule has 1 saturated carbocycles. The average molecular weight is 324 g/mol. The summed E-state index contributed by atoms with van der Waals surface area (Å²) in [6.45, 7) is 0. The highest BCUT2D eigenvalue weighted by molar-refractivity contribution is 14.1. The molecule has 0 spiro atoms. The second-order valence-corrected chi connectivity index (χ2v) is 5.45. The zero-order valence-corrected chi connectivity index (χ0v) is 9.79. The number of nitro groups is 1. The smallest absolute Gasteiger partial charge is 0.216 e.